The molecule has 4 heterocycles. The van der Waals surface area contributed by atoms with Gasteiger partial charge in [-0.05, 0) is 31.0 Å². The van der Waals surface area contributed by atoms with E-state index in [0.29, 0.717) is 47.4 Å². The molecule has 33 heavy (non-hydrogen) atoms. The van der Waals surface area contributed by atoms with Crippen LogP contribution in [-0.2, 0) is 16.3 Å². The number of hydrogen-bond donors (Lipinski definition) is 2. The number of hydrogen-bond acceptors (Lipinski definition) is 9. The SMILES string of the molecule is CS(=O)(=O)c1cncc(-c2ccc3nc(NC(=O)NCCc4nnc(C5CC5)o4)nn3c2)c1. The minimum Gasteiger partial charge on any atom is -0.425 e. The highest BCUT2D eigenvalue weighted by Gasteiger charge is 2.29. The fraction of sp³-hybridized carbons (Fsp3) is 0.300. The number of amides is 2. The van der Waals surface area contributed by atoms with E-state index in [2.05, 4.69) is 35.9 Å². The molecule has 0 atom stereocenters. The second kappa shape index (κ2) is 8.24. The van der Waals surface area contributed by atoms with Crippen LogP contribution in [0, 0.1) is 0 Å². The highest BCUT2D eigenvalue weighted by atomic mass is 32.2. The number of fused-ring (bicyclic) bond motifs is 1. The largest absolute Gasteiger partial charge is 0.425 e. The van der Waals surface area contributed by atoms with Gasteiger partial charge in [0.2, 0.25) is 11.8 Å². The molecule has 1 fully saturated rings. The van der Waals surface area contributed by atoms with Crippen LogP contribution < -0.4 is 10.6 Å². The van der Waals surface area contributed by atoms with Crippen molar-refractivity contribution in [3.8, 4) is 11.1 Å². The smallest absolute Gasteiger partial charge is 0.321 e. The number of rotatable bonds is 7. The molecule has 1 aliphatic rings. The van der Waals surface area contributed by atoms with Gasteiger partial charge in [-0.1, -0.05) is 0 Å². The molecule has 0 radical (unpaired) electrons. The quantitative estimate of drug-likeness (QED) is 0.413. The Morgan fingerprint density at radius 1 is 1.21 bits per heavy atom. The second-order valence-electron chi connectivity index (χ2n) is 7.78. The Balaban J connectivity index is 1.22. The maximum atomic E-state index is 12.2. The fourth-order valence-electron chi connectivity index (χ4n) is 3.18. The van der Waals surface area contributed by atoms with Crippen LogP contribution in [0.25, 0.3) is 16.8 Å². The molecule has 4 aromatic heterocycles. The van der Waals surface area contributed by atoms with Gasteiger partial charge in [-0.2, -0.15) is 4.98 Å². The predicted octanol–water partition coefficient (Wildman–Crippen LogP) is 1.82. The maximum absolute atomic E-state index is 12.2. The molecular formula is C20H20N8O4S. The van der Waals surface area contributed by atoms with Crippen molar-refractivity contribution in [3.05, 3.63) is 48.6 Å². The summed E-state index contributed by atoms with van der Waals surface area (Å²) in [5, 5.41) is 17.5. The molecule has 0 aliphatic heterocycles. The highest BCUT2D eigenvalue weighted by molar-refractivity contribution is 7.90. The Morgan fingerprint density at radius 2 is 2.06 bits per heavy atom. The summed E-state index contributed by atoms with van der Waals surface area (Å²) in [4.78, 5) is 20.6. The number of urea groups is 1. The molecule has 2 amide bonds. The van der Waals surface area contributed by atoms with Gasteiger partial charge < -0.3 is 9.73 Å². The van der Waals surface area contributed by atoms with Crippen LogP contribution in [0.2, 0.25) is 0 Å². The Kier molecular flexibility index (Phi) is 5.24. The molecule has 5 rings (SSSR count). The second-order valence-corrected chi connectivity index (χ2v) is 9.79. The first-order chi connectivity index (χ1) is 15.8. The lowest BCUT2D eigenvalue weighted by Crippen LogP contribution is -2.30. The molecule has 12 nitrogen and oxygen atoms in total. The van der Waals surface area contributed by atoms with Crippen molar-refractivity contribution in [3.63, 3.8) is 0 Å². The van der Waals surface area contributed by atoms with E-state index in [4.69, 9.17) is 4.42 Å². The standard InChI is InChI=1S/C20H20N8O4S/c1-33(30,31)15-8-14(9-21-10-15)13-4-5-16-23-19(27-28(16)11-13)24-20(29)22-7-6-17-25-26-18(32-17)12-2-3-12/h4-5,8-12H,2-3,6-7H2,1H3,(H2,22,24,27,29). The Labute approximate surface area is 188 Å². The van der Waals surface area contributed by atoms with E-state index < -0.39 is 15.9 Å². The van der Waals surface area contributed by atoms with E-state index >= 15 is 0 Å². The van der Waals surface area contributed by atoms with E-state index in [1.54, 1.807) is 30.6 Å². The highest BCUT2D eigenvalue weighted by Crippen LogP contribution is 2.38. The lowest BCUT2D eigenvalue weighted by atomic mass is 10.1. The van der Waals surface area contributed by atoms with Crippen LogP contribution in [0.3, 0.4) is 0 Å². The molecule has 0 bridgehead atoms. The third kappa shape index (κ3) is 4.82. The van der Waals surface area contributed by atoms with Gasteiger partial charge in [-0.25, -0.2) is 17.7 Å². The number of aromatic nitrogens is 6. The molecule has 0 unspecified atom stereocenters. The summed E-state index contributed by atoms with van der Waals surface area (Å²) in [5.41, 5.74) is 1.83. The van der Waals surface area contributed by atoms with E-state index in [1.807, 2.05) is 0 Å². The first kappa shape index (κ1) is 21.0. The number of pyridine rings is 2. The number of nitrogens with one attached hydrogen (secondary N) is 2. The first-order valence-electron chi connectivity index (χ1n) is 10.2. The Hall–Kier alpha value is -3.87. The van der Waals surface area contributed by atoms with Crippen molar-refractivity contribution < 1.29 is 17.6 Å². The van der Waals surface area contributed by atoms with Gasteiger partial charge in [0.05, 0.1) is 4.90 Å². The summed E-state index contributed by atoms with van der Waals surface area (Å²) in [6.45, 7) is 0.319. The number of carbonyl (C=O) groups excluding carboxylic acids is 1. The Morgan fingerprint density at radius 3 is 2.85 bits per heavy atom. The normalized spacial score (nSPS) is 13.8. The number of nitrogens with zero attached hydrogens (tertiary/aromatic N) is 6. The van der Waals surface area contributed by atoms with Crippen LogP contribution >= 0.6 is 0 Å². The summed E-state index contributed by atoms with van der Waals surface area (Å²) < 4.78 is 30.6. The summed E-state index contributed by atoms with van der Waals surface area (Å²) in [6, 6.07) is 4.57. The van der Waals surface area contributed by atoms with E-state index in [-0.39, 0.29) is 10.8 Å². The monoisotopic (exact) mass is 468 g/mol. The zero-order valence-corrected chi connectivity index (χ0v) is 18.4. The van der Waals surface area contributed by atoms with Crippen molar-refractivity contribution in [1.82, 2.24) is 35.1 Å². The van der Waals surface area contributed by atoms with E-state index in [9.17, 15) is 13.2 Å². The lowest BCUT2D eigenvalue weighted by Gasteiger charge is -2.04. The van der Waals surface area contributed by atoms with Gasteiger partial charge in [0.25, 0.3) is 5.95 Å². The molecule has 0 spiro atoms. The minimum absolute atomic E-state index is 0.126. The number of carbonyl (C=O) groups is 1. The van der Waals surface area contributed by atoms with Gasteiger partial charge >= 0.3 is 6.03 Å². The predicted molar refractivity (Wildman–Crippen MR) is 116 cm³/mol. The minimum atomic E-state index is -3.38. The first-order valence-corrected chi connectivity index (χ1v) is 12.1. The number of sulfone groups is 1. The van der Waals surface area contributed by atoms with Crippen LogP contribution in [0.15, 0.2) is 46.1 Å². The fourth-order valence-corrected chi connectivity index (χ4v) is 3.77. The Bertz CT molecular complexity index is 1440. The van der Waals surface area contributed by atoms with E-state index in [1.165, 1.54) is 10.7 Å². The van der Waals surface area contributed by atoms with Crippen molar-refractivity contribution in [2.45, 2.75) is 30.1 Å². The molecule has 170 valence electrons. The van der Waals surface area contributed by atoms with Crippen LogP contribution in [0.5, 0.6) is 0 Å². The third-order valence-electron chi connectivity index (χ3n) is 5.06. The zero-order chi connectivity index (χ0) is 23.0. The van der Waals surface area contributed by atoms with Gasteiger partial charge in [0.15, 0.2) is 15.5 Å². The van der Waals surface area contributed by atoms with Crippen LogP contribution in [0.1, 0.15) is 30.5 Å². The molecule has 0 saturated heterocycles. The van der Waals surface area contributed by atoms with Crippen molar-refractivity contribution in [1.29, 1.82) is 0 Å². The van der Waals surface area contributed by atoms with Gasteiger partial charge in [-0.15, -0.1) is 15.3 Å². The van der Waals surface area contributed by atoms with Gasteiger partial charge in [0.1, 0.15) is 0 Å². The van der Waals surface area contributed by atoms with Crippen molar-refractivity contribution in [2.24, 2.45) is 0 Å². The summed E-state index contributed by atoms with van der Waals surface area (Å²) in [5.74, 6) is 1.68. The van der Waals surface area contributed by atoms with Crippen LogP contribution in [-0.4, -0.2) is 57.0 Å². The maximum Gasteiger partial charge on any atom is 0.321 e. The molecule has 4 aromatic rings. The topological polar surface area (TPSA) is 157 Å². The summed E-state index contributed by atoms with van der Waals surface area (Å²) in [6.07, 6.45) is 8.27. The third-order valence-corrected chi connectivity index (χ3v) is 6.14. The zero-order valence-electron chi connectivity index (χ0n) is 17.6. The van der Waals surface area contributed by atoms with Gasteiger partial charge in [-0.3, -0.25) is 10.3 Å². The molecule has 1 saturated carbocycles. The molecule has 2 N–H and O–H groups in total. The molecule has 13 heteroatoms. The number of anilines is 1. The summed E-state index contributed by atoms with van der Waals surface area (Å²) in [7, 11) is -3.38. The van der Waals surface area contributed by atoms with Gasteiger partial charge in [0, 0.05) is 54.9 Å². The summed E-state index contributed by atoms with van der Waals surface area (Å²) >= 11 is 0. The lowest BCUT2D eigenvalue weighted by molar-refractivity contribution is 0.252. The average molecular weight is 468 g/mol. The van der Waals surface area contributed by atoms with Crippen LogP contribution in [0.4, 0.5) is 10.7 Å². The van der Waals surface area contributed by atoms with Crippen molar-refractivity contribution in [2.75, 3.05) is 18.1 Å². The average Bonchev–Trinajstić information content (AvgIpc) is 3.39. The molecular weight excluding hydrogens is 448 g/mol. The van der Waals surface area contributed by atoms with Crippen molar-refractivity contribution >= 4 is 27.5 Å². The molecule has 0 aromatic carbocycles. The van der Waals surface area contributed by atoms with E-state index in [0.717, 1.165) is 19.1 Å². The molecule has 1 aliphatic carbocycles.